The number of fused-ring (bicyclic) bond motifs is 1. The molecule has 8 nitrogen and oxygen atoms in total. The van der Waals surface area contributed by atoms with Crippen molar-refractivity contribution in [1.29, 1.82) is 0 Å². The molecule has 0 aliphatic carbocycles. The van der Waals surface area contributed by atoms with Crippen LogP contribution in [0.4, 0.5) is 0 Å². The Hall–Kier alpha value is -4.04. The maximum atomic E-state index is 13.8. The van der Waals surface area contributed by atoms with Gasteiger partial charge in [0, 0.05) is 26.3 Å². The van der Waals surface area contributed by atoms with Crippen molar-refractivity contribution in [3.63, 3.8) is 0 Å². The normalized spacial score (nSPS) is 12.7. The fraction of sp³-hybridized carbons (Fsp3) is 0.286. The Labute approximate surface area is 210 Å². The molecule has 36 heavy (non-hydrogen) atoms. The monoisotopic (exact) mass is 490 g/mol. The van der Waals surface area contributed by atoms with E-state index in [2.05, 4.69) is 5.32 Å². The molecule has 4 rings (SSSR count). The maximum Gasteiger partial charge on any atom is 0.258 e. The van der Waals surface area contributed by atoms with Gasteiger partial charge in [0.05, 0.1) is 5.56 Å². The van der Waals surface area contributed by atoms with Crippen LogP contribution in [0.1, 0.15) is 40.9 Å². The van der Waals surface area contributed by atoms with Crippen molar-refractivity contribution in [3.8, 4) is 17.2 Å². The van der Waals surface area contributed by atoms with Crippen LogP contribution in [0, 0.1) is 0 Å². The first-order valence-corrected chi connectivity index (χ1v) is 12.0. The van der Waals surface area contributed by atoms with Crippen LogP contribution in [0.5, 0.6) is 17.2 Å². The number of aromatic hydroxyl groups is 1. The van der Waals surface area contributed by atoms with E-state index in [1.54, 1.807) is 30.3 Å². The largest absolute Gasteiger partial charge is 0.507 e. The standard InChI is InChI=1S/C28H30N2O6/c1-2-34-16-8-15-29-27(32)26(21-9-4-3-5-10-21)30(28(33)22-11-6-7-12-23(22)31)18-20-13-14-24-25(17-20)36-19-35-24/h3-7,9-14,17,26,31H,2,8,15-16,18-19H2,1H3,(H,29,32)/t26-/m0/s1. The molecule has 0 spiro atoms. The van der Waals surface area contributed by atoms with Gasteiger partial charge in [0.1, 0.15) is 11.8 Å². The van der Waals surface area contributed by atoms with Crippen molar-refractivity contribution in [1.82, 2.24) is 10.2 Å². The Morgan fingerprint density at radius 2 is 1.78 bits per heavy atom. The lowest BCUT2D eigenvalue weighted by molar-refractivity contribution is -0.126. The number of benzene rings is 3. The zero-order valence-electron chi connectivity index (χ0n) is 20.2. The van der Waals surface area contributed by atoms with Crippen LogP contribution in [-0.4, -0.2) is 48.4 Å². The molecule has 1 aliphatic rings. The van der Waals surface area contributed by atoms with E-state index in [1.807, 2.05) is 43.3 Å². The molecule has 8 heteroatoms. The zero-order valence-corrected chi connectivity index (χ0v) is 20.2. The molecule has 0 aromatic heterocycles. The van der Waals surface area contributed by atoms with Crippen LogP contribution < -0.4 is 14.8 Å². The van der Waals surface area contributed by atoms with Crippen molar-refractivity contribution in [3.05, 3.63) is 89.5 Å². The number of phenolic OH excluding ortho intramolecular Hbond substituents is 1. The van der Waals surface area contributed by atoms with Gasteiger partial charge >= 0.3 is 0 Å². The molecular weight excluding hydrogens is 460 g/mol. The van der Waals surface area contributed by atoms with Crippen LogP contribution >= 0.6 is 0 Å². The van der Waals surface area contributed by atoms with Gasteiger partial charge in [-0.1, -0.05) is 48.5 Å². The minimum Gasteiger partial charge on any atom is -0.507 e. The van der Waals surface area contributed by atoms with Gasteiger partial charge in [-0.25, -0.2) is 0 Å². The Kier molecular flexibility index (Phi) is 8.41. The average Bonchev–Trinajstić information content (AvgIpc) is 3.37. The molecule has 3 aromatic rings. The van der Waals surface area contributed by atoms with Crippen molar-refractivity contribution in [2.45, 2.75) is 25.9 Å². The maximum absolute atomic E-state index is 13.8. The average molecular weight is 491 g/mol. The highest BCUT2D eigenvalue weighted by atomic mass is 16.7. The number of nitrogens with one attached hydrogen (secondary N) is 1. The Morgan fingerprint density at radius 1 is 1.03 bits per heavy atom. The van der Waals surface area contributed by atoms with Gasteiger partial charge in [0.15, 0.2) is 11.5 Å². The number of ether oxygens (including phenoxy) is 3. The molecule has 0 saturated carbocycles. The Bertz CT molecular complexity index is 1180. The topological polar surface area (TPSA) is 97.3 Å². The lowest BCUT2D eigenvalue weighted by atomic mass is 10.0. The van der Waals surface area contributed by atoms with Crippen LogP contribution in [0.25, 0.3) is 0 Å². The first-order chi connectivity index (χ1) is 17.6. The molecule has 0 saturated heterocycles. The lowest BCUT2D eigenvalue weighted by Gasteiger charge is -2.32. The molecule has 1 atom stereocenters. The number of hydrogen-bond acceptors (Lipinski definition) is 6. The van der Waals surface area contributed by atoms with E-state index in [-0.39, 0.29) is 30.6 Å². The third-order valence-electron chi connectivity index (χ3n) is 5.83. The van der Waals surface area contributed by atoms with Gasteiger partial charge in [0.2, 0.25) is 12.7 Å². The molecule has 0 fully saturated rings. The summed E-state index contributed by atoms with van der Waals surface area (Å²) in [7, 11) is 0. The molecule has 2 amide bonds. The van der Waals surface area contributed by atoms with E-state index < -0.39 is 11.9 Å². The summed E-state index contributed by atoms with van der Waals surface area (Å²) in [4.78, 5) is 28.9. The summed E-state index contributed by atoms with van der Waals surface area (Å²) in [5.41, 5.74) is 1.53. The lowest BCUT2D eigenvalue weighted by Crippen LogP contribution is -2.43. The molecule has 0 radical (unpaired) electrons. The fourth-order valence-electron chi connectivity index (χ4n) is 4.06. The second kappa shape index (κ2) is 12.1. The smallest absolute Gasteiger partial charge is 0.258 e. The van der Waals surface area contributed by atoms with Crippen molar-refractivity contribution < 1.29 is 28.9 Å². The molecule has 1 heterocycles. The minimum absolute atomic E-state index is 0.107. The summed E-state index contributed by atoms with van der Waals surface area (Å²) in [6.45, 7) is 3.71. The highest BCUT2D eigenvalue weighted by Gasteiger charge is 2.33. The summed E-state index contributed by atoms with van der Waals surface area (Å²) in [6, 6.07) is 20.0. The van der Waals surface area contributed by atoms with Gasteiger partial charge in [-0.2, -0.15) is 0 Å². The number of phenols is 1. The van der Waals surface area contributed by atoms with Gasteiger partial charge in [-0.05, 0) is 48.7 Å². The number of rotatable bonds is 11. The summed E-state index contributed by atoms with van der Waals surface area (Å²) in [6.07, 6.45) is 0.649. The second-order valence-corrected chi connectivity index (χ2v) is 8.29. The van der Waals surface area contributed by atoms with Gasteiger partial charge in [0.25, 0.3) is 5.91 Å². The van der Waals surface area contributed by atoms with Crippen LogP contribution in [0.3, 0.4) is 0 Å². The van der Waals surface area contributed by atoms with Crippen molar-refractivity contribution in [2.24, 2.45) is 0 Å². The number of para-hydroxylation sites is 1. The van der Waals surface area contributed by atoms with E-state index >= 15 is 0 Å². The third-order valence-corrected chi connectivity index (χ3v) is 5.83. The van der Waals surface area contributed by atoms with Gasteiger partial charge in [-0.3, -0.25) is 9.59 Å². The van der Waals surface area contributed by atoms with Crippen LogP contribution in [-0.2, 0) is 16.1 Å². The Balaban J connectivity index is 1.69. The minimum atomic E-state index is -0.934. The molecule has 0 unspecified atom stereocenters. The molecule has 3 aromatic carbocycles. The van der Waals surface area contributed by atoms with E-state index in [0.29, 0.717) is 43.2 Å². The van der Waals surface area contributed by atoms with E-state index in [0.717, 1.165) is 5.56 Å². The SMILES string of the molecule is CCOCCCNC(=O)[C@H](c1ccccc1)N(Cc1ccc2c(c1)OCO2)C(=O)c1ccccc1O. The number of amides is 2. The van der Waals surface area contributed by atoms with Crippen LogP contribution in [0.15, 0.2) is 72.8 Å². The molecule has 2 N–H and O–H groups in total. The third kappa shape index (κ3) is 5.95. The van der Waals surface area contributed by atoms with Crippen molar-refractivity contribution in [2.75, 3.05) is 26.6 Å². The summed E-state index contributed by atoms with van der Waals surface area (Å²) in [5.74, 6) is 0.275. The number of nitrogens with zero attached hydrogens (tertiary/aromatic N) is 1. The van der Waals surface area contributed by atoms with Crippen LogP contribution in [0.2, 0.25) is 0 Å². The first kappa shape index (κ1) is 25.1. The van der Waals surface area contributed by atoms with Crippen molar-refractivity contribution >= 4 is 11.8 Å². The molecule has 0 bridgehead atoms. The Morgan fingerprint density at radius 3 is 2.56 bits per heavy atom. The highest BCUT2D eigenvalue weighted by molar-refractivity contribution is 5.99. The molecule has 188 valence electrons. The highest BCUT2D eigenvalue weighted by Crippen LogP contribution is 2.34. The fourth-order valence-corrected chi connectivity index (χ4v) is 4.06. The van der Waals surface area contributed by atoms with E-state index in [9.17, 15) is 14.7 Å². The van der Waals surface area contributed by atoms with Gasteiger partial charge in [-0.15, -0.1) is 0 Å². The number of hydrogen-bond donors (Lipinski definition) is 2. The predicted octanol–water partition coefficient (Wildman–Crippen LogP) is 4.05. The molecular formula is C28H30N2O6. The first-order valence-electron chi connectivity index (χ1n) is 12.0. The second-order valence-electron chi connectivity index (χ2n) is 8.29. The quantitative estimate of drug-likeness (QED) is 0.394. The number of carbonyl (C=O) groups is 2. The van der Waals surface area contributed by atoms with E-state index in [4.69, 9.17) is 14.2 Å². The summed E-state index contributed by atoms with van der Waals surface area (Å²) in [5, 5.41) is 13.4. The summed E-state index contributed by atoms with van der Waals surface area (Å²) >= 11 is 0. The summed E-state index contributed by atoms with van der Waals surface area (Å²) < 4.78 is 16.3. The predicted molar refractivity (Wildman–Crippen MR) is 134 cm³/mol. The van der Waals surface area contributed by atoms with Gasteiger partial charge < -0.3 is 29.5 Å². The number of carbonyl (C=O) groups excluding carboxylic acids is 2. The molecule has 1 aliphatic heterocycles. The van der Waals surface area contributed by atoms with E-state index in [1.165, 1.54) is 11.0 Å². The zero-order chi connectivity index (χ0) is 25.3.